The van der Waals surface area contributed by atoms with Gasteiger partial charge < -0.3 is 14.6 Å². The minimum absolute atomic E-state index is 0.0297. The van der Waals surface area contributed by atoms with Gasteiger partial charge in [-0.25, -0.2) is 9.78 Å². The number of fused-ring (bicyclic) bond motifs is 1. The summed E-state index contributed by atoms with van der Waals surface area (Å²) in [5, 5.41) is 2.83. The number of nitrogens with zero attached hydrogens (tertiary/aromatic N) is 3. The minimum atomic E-state index is -0.475. The van der Waals surface area contributed by atoms with E-state index in [0.717, 1.165) is 16.6 Å². The lowest BCUT2D eigenvalue weighted by molar-refractivity contribution is -0.116. The summed E-state index contributed by atoms with van der Waals surface area (Å²) in [6.45, 7) is 2.03. The second-order valence-corrected chi connectivity index (χ2v) is 6.57. The molecule has 4 rings (SSSR count). The number of carbonyl (C=O) groups excluding carboxylic acids is 2. The topological polar surface area (TPSA) is 86.1 Å². The van der Waals surface area contributed by atoms with Gasteiger partial charge in [-0.1, -0.05) is 24.3 Å². The predicted molar refractivity (Wildman–Crippen MR) is 114 cm³/mol. The van der Waals surface area contributed by atoms with Crippen LogP contribution < -0.4 is 5.32 Å². The monoisotopic (exact) mass is 400 g/mol. The van der Waals surface area contributed by atoms with Crippen LogP contribution in [0.3, 0.4) is 0 Å². The molecule has 0 aliphatic carbocycles. The highest BCUT2D eigenvalue weighted by Gasteiger charge is 2.18. The van der Waals surface area contributed by atoms with Crippen molar-refractivity contribution in [2.75, 3.05) is 11.9 Å². The number of carbonyl (C=O) groups is 2. The van der Waals surface area contributed by atoms with E-state index in [1.165, 1.54) is 0 Å². The molecular formula is C23H20N4O3. The van der Waals surface area contributed by atoms with Gasteiger partial charge in [0.25, 0.3) is 0 Å². The van der Waals surface area contributed by atoms with Crippen molar-refractivity contribution in [3.63, 3.8) is 0 Å². The summed E-state index contributed by atoms with van der Waals surface area (Å²) in [4.78, 5) is 33.9. The third-order valence-electron chi connectivity index (χ3n) is 4.57. The van der Waals surface area contributed by atoms with Crippen molar-refractivity contribution in [3.05, 3.63) is 78.6 Å². The van der Waals surface area contributed by atoms with E-state index in [-0.39, 0.29) is 19.1 Å². The number of ether oxygens (including phenoxy) is 1. The van der Waals surface area contributed by atoms with Crippen molar-refractivity contribution in [2.24, 2.45) is 0 Å². The SMILES string of the molecule is CCOC(=O)c1ccccc1NC(=O)Cn1c(-c2cccnc2)nc2ccccc21. The van der Waals surface area contributed by atoms with Gasteiger partial charge in [-0.3, -0.25) is 9.78 Å². The molecule has 4 aromatic rings. The summed E-state index contributed by atoms with van der Waals surface area (Å²) in [6, 6.07) is 18.1. The molecule has 0 aliphatic rings. The zero-order chi connectivity index (χ0) is 20.9. The molecule has 0 radical (unpaired) electrons. The Kier molecular flexibility index (Phi) is 5.52. The van der Waals surface area contributed by atoms with E-state index in [2.05, 4.69) is 15.3 Å². The van der Waals surface area contributed by atoms with Crippen LogP contribution in [0.5, 0.6) is 0 Å². The lowest BCUT2D eigenvalue weighted by Crippen LogP contribution is -2.21. The Morgan fingerprint density at radius 3 is 2.63 bits per heavy atom. The highest BCUT2D eigenvalue weighted by molar-refractivity contribution is 6.01. The van der Waals surface area contributed by atoms with E-state index >= 15 is 0 Å². The van der Waals surface area contributed by atoms with Crippen molar-refractivity contribution in [1.82, 2.24) is 14.5 Å². The fraction of sp³-hybridized carbons (Fsp3) is 0.130. The largest absolute Gasteiger partial charge is 0.462 e. The molecule has 30 heavy (non-hydrogen) atoms. The summed E-state index contributed by atoms with van der Waals surface area (Å²) < 4.78 is 6.92. The van der Waals surface area contributed by atoms with Gasteiger partial charge in [-0.05, 0) is 43.3 Å². The quantitative estimate of drug-likeness (QED) is 0.496. The average Bonchev–Trinajstić information content (AvgIpc) is 3.13. The normalized spacial score (nSPS) is 10.7. The molecular weight excluding hydrogens is 380 g/mol. The molecule has 0 fully saturated rings. The Morgan fingerprint density at radius 2 is 1.83 bits per heavy atom. The number of esters is 1. The fourth-order valence-electron chi connectivity index (χ4n) is 3.26. The van der Waals surface area contributed by atoms with Crippen LogP contribution in [0.15, 0.2) is 73.1 Å². The van der Waals surface area contributed by atoms with Crippen LogP contribution >= 0.6 is 0 Å². The average molecular weight is 400 g/mol. The maximum atomic E-state index is 12.9. The highest BCUT2D eigenvalue weighted by atomic mass is 16.5. The van der Waals surface area contributed by atoms with E-state index in [9.17, 15) is 9.59 Å². The van der Waals surface area contributed by atoms with Gasteiger partial charge in [0.15, 0.2) is 0 Å². The molecule has 0 saturated carbocycles. The first kappa shape index (κ1) is 19.3. The number of benzene rings is 2. The van der Waals surface area contributed by atoms with Crippen LogP contribution in [0, 0.1) is 0 Å². The first-order valence-electron chi connectivity index (χ1n) is 9.59. The van der Waals surface area contributed by atoms with Crippen molar-refractivity contribution in [2.45, 2.75) is 13.5 Å². The Hall–Kier alpha value is -4.00. The molecule has 0 atom stereocenters. The van der Waals surface area contributed by atoms with Gasteiger partial charge in [-0.2, -0.15) is 0 Å². The van der Waals surface area contributed by atoms with Gasteiger partial charge in [0.05, 0.1) is 28.9 Å². The molecule has 7 nitrogen and oxygen atoms in total. The minimum Gasteiger partial charge on any atom is -0.462 e. The molecule has 1 N–H and O–H groups in total. The van der Waals surface area contributed by atoms with Crippen LogP contribution in [0.1, 0.15) is 17.3 Å². The summed E-state index contributed by atoms with van der Waals surface area (Å²) in [5.41, 5.74) is 3.17. The van der Waals surface area contributed by atoms with Gasteiger partial charge in [0.1, 0.15) is 12.4 Å². The number of aromatic nitrogens is 3. The third kappa shape index (κ3) is 3.91. The molecule has 150 valence electrons. The van der Waals surface area contributed by atoms with Gasteiger partial charge in [0.2, 0.25) is 5.91 Å². The summed E-state index contributed by atoms with van der Waals surface area (Å²) >= 11 is 0. The number of hydrogen-bond acceptors (Lipinski definition) is 5. The van der Waals surface area contributed by atoms with E-state index in [1.54, 1.807) is 43.6 Å². The Labute approximate surface area is 173 Å². The molecule has 0 aliphatic heterocycles. The fourth-order valence-corrected chi connectivity index (χ4v) is 3.26. The number of hydrogen-bond donors (Lipinski definition) is 1. The van der Waals surface area contributed by atoms with Crippen molar-refractivity contribution in [3.8, 4) is 11.4 Å². The standard InChI is InChI=1S/C23H20N4O3/c1-2-30-23(29)17-9-3-4-10-18(17)25-21(28)15-27-20-12-6-5-11-19(20)26-22(27)16-8-7-13-24-14-16/h3-14H,2,15H2,1H3,(H,25,28). The molecule has 2 aromatic heterocycles. The Morgan fingerprint density at radius 1 is 1.03 bits per heavy atom. The van der Waals surface area contributed by atoms with E-state index < -0.39 is 5.97 Å². The summed E-state index contributed by atoms with van der Waals surface area (Å²) in [6.07, 6.45) is 3.40. The molecule has 2 heterocycles. The number of anilines is 1. The summed E-state index contributed by atoms with van der Waals surface area (Å²) in [5.74, 6) is -0.101. The second kappa shape index (κ2) is 8.57. The lowest BCUT2D eigenvalue weighted by Gasteiger charge is -2.12. The van der Waals surface area contributed by atoms with Crippen molar-refractivity contribution < 1.29 is 14.3 Å². The van der Waals surface area contributed by atoms with Crippen LogP contribution in [-0.4, -0.2) is 33.0 Å². The Bertz CT molecular complexity index is 1200. The van der Waals surface area contributed by atoms with Crippen molar-refractivity contribution >= 4 is 28.6 Å². The summed E-state index contributed by atoms with van der Waals surface area (Å²) in [7, 11) is 0. The predicted octanol–water partition coefficient (Wildman–Crippen LogP) is 3.91. The number of pyridine rings is 1. The zero-order valence-electron chi connectivity index (χ0n) is 16.4. The second-order valence-electron chi connectivity index (χ2n) is 6.57. The number of imidazole rings is 1. The number of amides is 1. The maximum Gasteiger partial charge on any atom is 0.340 e. The van der Waals surface area contributed by atoms with Gasteiger partial charge >= 0.3 is 5.97 Å². The smallest absolute Gasteiger partial charge is 0.340 e. The molecule has 0 unspecified atom stereocenters. The third-order valence-corrected chi connectivity index (χ3v) is 4.57. The number of nitrogens with one attached hydrogen (secondary N) is 1. The van der Waals surface area contributed by atoms with Gasteiger partial charge in [0, 0.05) is 18.0 Å². The van der Waals surface area contributed by atoms with E-state index in [4.69, 9.17) is 4.74 Å². The molecule has 0 saturated heterocycles. The first-order chi connectivity index (χ1) is 14.7. The maximum absolute atomic E-state index is 12.9. The van der Waals surface area contributed by atoms with Crippen LogP contribution in [0.25, 0.3) is 22.4 Å². The Balaban J connectivity index is 1.66. The highest BCUT2D eigenvalue weighted by Crippen LogP contribution is 2.24. The van der Waals surface area contributed by atoms with Crippen molar-refractivity contribution in [1.29, 1.82) is 0 Å². The van der Waals surface area contributed by atoms with Crippen LogP contribution in [-0.2, 0) is 16.1 Å². The molecule has 7 heteroatoms. The first-order valence-corrected chi connectivity index (χ1v) is 9.59. The molecule has 0 bridgehead atoms. The molecule has 2 aromatic carbocycles. The van der Waals surface area contributed by atoms with E-state index in [1.807, 2.05) is 41.0 Å². The number of para-hydroxylation sites is 3. The molecule has 1 amide bonds. The van der Waals surface area contributed by atoms with Crippen LogP contribution in [0.4, 0.5) is 5.69 Å². The van der Waals surface area contributed by atoms with Gasteiger partial charge in [-0.15, -0.1) is 0 Å². The molecule has 0 spiro atoms. The van der Waals surface area contributed by atoms with E-state index in [0.29, 0.717) is 17.1 Å². The number of rotatable bonds is 6. The lowest BCUT2D eigenvalue weighted by atomic mass is 10.2. The zero-order valence-corrected chi connectivity index (χ0v) is 16.4. The van der Waals surface area contributed by atoms with Crippen LogP contribution in [0.2, 0.25) is 0 Å².